The molecule has 1 N–H and O–H groups in total. The summed E-state index contributed by atoms with van der Waals surface area (Å²) in [5.74, 6) is -0.354. The smallest absolute Gasteiger partial charge is 0.165 e. The second-order valence-corrected chi connectivity index (χ2v) is 5.57. The number of hydrogen-bond acceptors (Lipinski definition) is 3. The first-order chi connectivity index (χ1) is 9.45. The van der Waals surface area contributed by atoms with Crippen LogP contribution in [0.15, 0.2) is 28.9 Å². The minimum absolute atomic E-state index is 0.0917. The molecule has 0 aliphatic heterocycles. The number of methoxy groups -OCH3 is 1. The van der Waals surface area contributed by atoms with Crippen molar-refractivity contribution in [1.82, 2.24) is 9.78 Å². The molecule has 1 aromatic heterocycles. The zero-order valence-electron chi connectivity index (χ0n) is 11.5. The van der Waals surface area contributed by atoms with E-state index in [1.54, 1.807) is 16.9 Å². The standard InChI is InChI=1S/C14H16BrFN2O2/c1-8(2)18-13(10(15)7-17-18)14(19)9-4-5-12(20-3)11(16)6-9/h4-8,14,19H,1-3H3. The lowest BCUT2D eigenvalue weighted by molar-refractivity contribution is 0.203. The highest BCUT2D eigenvalue weighted by atomic mass is 79.9. The third kappa shape index (κ3) is 2.71. The normalized spacial score (nSPS) is 12.8. The van der Waals surface area contributed by atoms with E-state index in [4.69, 9.17) is 4.74 Å². The Morgan fingerprint density at radius 2 is 2.10 bits per heavy atom. The first kappa shape index (κ1) is 15.0. The third-order valence-corrected chi connectivity index (χ3v) is 3.64. The van der Waals surface area contributed by atoms with Gasteiger partial charge in [-0.05, 0) is 47.5 Å². The molecule has 0 fully saturated rings. The first-order valence-electron chi connectivity index (χ1n) is 6.20. The highest BCUT2D eigenvalue weighted by Gasteiger charge is 2.22. The summed E-state index contributed by atoms with van der Waals surface area (Å²) in [5.41, 5.74) is 1.05. The van der Waals surface area contributed by atoms with Gasteiger partial charge in [0.2, 0.25) is 0 Å². The van der Waals surface area contributed by atoms with Crippen LogP contribution in [0.25, 0.3) is 0 Å². The van der Waals surface area contributed by atoms with Crippen molar-refractivity contribution in [1.29, 1.82) is 0 Å². The number of aliphatic hydroxyl groups excluding tert-OH is 1. The largest absolute Gasteiger partial charge is 0.494 e. The molecule has 0 aliphatic rings. The van der Waals surface area contributed by atoms with Crippen LogP contribution in [-0.2, 0) is 0 Å². The molecule has 2 aromatic rings. The average Bonchev–Trinajstić information content (AvgIpc) is 2.80. The first-order valence-corrected chi connectivity index (χ1v) is 6.99. The van der Waals surface area contributed by atoms with Gasteiger partial charge in [0.15, 0.2) is 11.6 Å². The minimum atomic E-state index is -0.963. The molecule has 0 saturated heterocycles. The monoisotopic (exact) mass is 342 g/mol. The van der Waals surface area contributed by atoms with Crippen LogP contribution in [0.1, 0.15) is 37.3 Å². The average molecular weight is 343 g/mol. The van der Waals surface area contributed by atoms with E-state index in [0.717, 1.165) is 0 Å². The summed E-state index contributed by atoms with van der Waals surface area (Å²) in [6.07, 6.45) is 0.660. The fourth-order valence-electron chi connectivity index (χ4n) is 2.03. The second-order valence-electron chi connectivity index (χ2n) is 4.71. The van der Waals surface area contributed by atoms with Crippen molar-refractivity contribution in [2.45, 2.75) is 26.0 Å². The van der Waals surface area contributed by atoms with Crippen LogP contribution in [0, 0.1) is 5.82 Å². The van der Waals surface area contributed by atoms with Gasteiger partial charge in [-0.2, -0.15) is 5.10 Å². The number of rotatable bonds is 4. The lowest BCUT2D eigenvalue weighted by atomic mass is 10.1. The van der Waals surface area contributed by atoms with Crippen LogP contribution >= 0.6 is 15.9 Å². The quantitative estimate of drug-likeness (QED) is 0.925. The summed E-state index contributed by atoms with van der Waals surface area (Å²) in [5, 5.41) is 14.7. The lowest BCUT2D eigenvalue weighted by Gasteiger charge is -2.17. The maximum atomic E-state index is 13.7. The molecule has 0 aliphatic carbocycles. The minimum Gasteiger partial charge on any atom is -0.494 e. The van der Waals surface area contributed by atoms with Gasteiger partial charge in [0.05, 0.1) is 23.5 Å². The van der Waals surface area contributed by atoms with Gasteiger partial charge < -0.3 is 9.84 Å². The van der Waals surface area contributed by atoms with Crippen LogP contribution in [0.2, 0.25) is 0 Å². The van der Waals surface area contributed by atoms with E-state index >= 15 is 0 Å². The molecule has 1 atom stereocenters. The zero-order chi connectivity index (χ0) is 14.9. The second kappa shape index (κ2) is 5.93. The molecular formula is C14H16BrFN2O2. The maximum absolute atomic E-state index is 13.7. The van der Waals surface area contributed by atoms with Crippen LogP contribution in [0.3, 0.4) is 0 Å². The van der Waals surface area contributed by atoms with Crippen LogP contribution in [-0.4, -0.2) is 22.0 Å². The Balaban J connectivity index is 2.43. The molecule has 0 saturated carbocycles. The number of aromatic nitrogens is 2. The van der Waals surface area contributed by atoms with Crippen molar-refractivity contribution < 1.29 is 14.2 Å². The molecule has 0 spiro atoms. The van der Waals surface area contributed by atoms with Crippen LogP contribution in [0.5, 0.6) is 5.75 Å². The van der Waals surface area contributed by atoms with E-state index in [1.807, 2.05) is 13.8 Å². The Bertz CT molecular complexity index is 613. The summed E-state index contributed by atoms with van der Waals surface area (Å²) in [6.45, 7) is 3.93. The molecule has 0 amide bonds. The SMILES string of the molecule is COc1ccc(C(O)c2c(Br)cnn2C(C)C)cc1F. The number of ether oxygens (including phenoxy) is 1. The van der Waals surface area contributed by atoms with Crippen molar-refractivity contribution in [3.63, 3.8) is 0 Å². The molecule has 0 bridgehead atoms. The summed E-state index contributed by atoms with van der Waals surface area (Å²) >= 11 is 3.37. The Hall–Kier alpha value is -1.40. The van der Waals surface area contributed by atoms with Gasteiger partial charge in [-0.1, -0.05) is 6.07 Å². The molecule has 0 radical (unpaired) electrons. The maximum Gasteiger partial charge on any atom is 0.165 e. The topological polar surface area (TPSA) is 47.3 Å². The molecule has 1 unspecified atom stereocenters. The van der Waals surface area contributed by atoms with Crippen molar-refractivity contribution >= 4 is 15.9 Å². The Morgan fingerprint density at radius 1 is 1.40 bits per heavy atom. The molecule has 20 heavy (non-hydrogen) atoms. The highest BCUT2D eigenvalue weighted by molar-refractivity contribution is 9.10. The van der Waals surface area contributed by atoms with Gasteiger partial charge in [0.25, 0.3) is 0 Å². The number of halogens is 2. The summed E-state index contributed by atoms with van der Waals surface area (Å²) < 4.78 is 21.0. The van der Waals surface area contributed by atoms with Crippen molar-refractivity contribution in [3.05, 3.63) is 45.9 Å². The van der Waals surface area contributed by atoms with Gasteiger partial charge in [-0.15, -0.1) is 0 Å². The van der Waals surface area contributed by atoms with E-state index in [0.29, 0.717) is 15.7 Å². The van der Waals surface area contributed by atoms with E-state index in [9.17, 15) is 9.50 Å². The fraction of sp³-hybridized carbons (Fsp3) is 0.357. The predicted molar refractivity (Wildman–Crippen MR) is 77.3 cm³/mol. The van der Waals surface area contributed by atoms with E-state index in [-0.39, 0.29) is 11.8 Å². The van der Waals surface area contributed by atoms with Crippen LogP contribution in [0.4, 0.5) is 4.39 Å². The number of aliphatic hydroxyl groups is 1. The van der Waals surface area contributed by atoms with Crippen LogP contribution < -0.4 is 4.74 Å². The van der Waals surface area contributed by atoms with Crippen molar-refractivity contribution in [2.24, 2.45) is 0 Å². The van der Waals surface area contributed by atoms with E-state index in [2.05, 4.69) is 21.0 Å². The summed E-state index contributed by atoms with van der Waals surface area (Å²) in [7, 11) is 1.40. The Morgan fingerprint density at radius 3 is 2.65 bits per heavy atom. The number of hydrogen-bond donors (Lipinski definition) is 1. The van der Waals surface area contributed by atoms with Crippen molar-refractivity contribution in [3.8, 4) is 5.75 Å². The Kier molecular flexibility index (Phi) is 4.45. The third-order valence-electron chi connectivity index (χ3n) is 3.03. The predicted octanol–water partition coefficient (Wildman–Crippen LogP) is 3.46. The highest BCUT2D eigenvalue weighted by Crippen LogP contribution is 2.32. The van der Waals surface area contributed by atoms with Gasteiger partial charge in [0, 0.05) is 6.04 Å². The van der Waals surface area contributed by atoms with Gasteiger partial charge in [-0.25, -0.2) is 4.39 Å². The van der Waals surface area contributed by atoms with E-state index in [1.165, 1.54) is 19.2 Å². The number of benzene rings is 1. The summed E-state index contributed by atoms with van der Waals surface area (Å²) in [4.78, 5) is 0. The molecule has 1 aromatic carbocycles. The lowest BCUT2D eigenvalue weighted by Crippen LogP contribution is -2.12. The van der Waals surface area contributed by atoms with Gasteiger partial charge in [0.1, 0.15) is 6.10 Å². The molecule has 4 nitrogen and oxygen atoms in total. The summed E-state index contributed by atoms with van der Waals surface area (Å²) in [6, 6.07) is 4.50. The van der Waals surface area contributed by atoms with Crippen molar-refractivity contribution in [2.75, 3.05) is 7.11 Å². The molecular weight excluding hydrogens is 327 g/mol. The number of nitrogens with zero attached hydrogens (tertiary/aromatic N) is 2. The fourth-order valence-corrected chi connectivity index (χ4v) is 2.52. The molecule has 1 heterocycles. The molecule has 6 heteroatoms. The molecule has 108 valence electrons. The zero-order valence-corrected chi connectivity index (χ0v) is 13.1. The Labute approximate surface area is 125 Å². The van der Waals surface area contributed by atoms with Gasteiger partial charge >= 0.3 is 0 Å². The molecule has 2 rings (SSSR count). The van der Waals surface area contributed by atoms with Gasteiger partial charge in [-0.3, -0.25) is 4.68 Å². The van der Waals surface area contributed by atoms with E-state index < -0.39 is 11.9 Å².